The van der Waals surface area contributed by atoms with E-state index >= 15 is 0 Å². The molecule has 2 aromatic carbocycles. The fourth-order valence-corrected chi connectivity index (χ4v) is 4.90. The second kappa shape index (κ2) is 10.6. The van der Waals surface area contributed by atoms with Crippen LogP contribution in [0.2, 0.25) is 5.02 Å². The molecule has 8 nitrogen and oxygen atoms in total. The Bertz CT molecular complexity index is 1180. The van der Waals surface area contributed by atoms with Crippen LogP contribution in [0, 0.1) is 0 Å². The highest BCUT2D eigenvalue weighted by molar-refractivity contribution is 8.26. The highest BCUT2D eigenvalue weighted by Gasteiger charge is 2.33. The van der Waals surface area contributed by atoms with Crippen molar-refractivity contribution in [1.82, 2.24) is 10.2 Å². The Hall–Kier alpha value is -2.92. The molecule has 34 heavy (non-hydrogen) atoms. The molecular formula is C23H19ClN2O6S2. The molecule has 11 heteroatoms. The van der Waals surface area contributed by atoms with Gasteiger partial charge in [-0.1, -0.05) is 47.7 Å². The molecule has 0 aliphatic carbocycles. The number of hydrogen-bond acceptors (Lipinski definition) is 7. The number of benzene rings is 2. The van der Waals surface area contributed by atoms with E-state index in [0.29, 0.717) is 40.0 Å². The second-order valence-electron chi connectivity index (χ2n) is 7.57. The molecule has 2 heterocycles. The molecule has 1 unspecified atom stereocenters. The van der Waals surface area contributed by atoms with Crippen molar-refractivity contribution in [3.63, 3.8) is 0 Å². The Labute approximate surface area is 209 Å². The Balaban J connectivity index is 1.40. The number of thiocarbonyl (C=S) groups is 1. The number of ether oxygens (including phenoxy) is 2. The van der Waals surface area contributed by atoms with Crippen molar-refractivity contribution in [2.24, 2.45) is 0 Å². The maximum atomic E-state index is 12.4. The maximum Gasteiger partial charge on any atom is 0.323 e. The first-order valence-corrected chi connectivity index (χ1v) is 11.8. The third kappa shape index (κ3) is 5.95. The van der Waals surface area contributed by atoms with Crippen molar-refractivity contribution < 1.29 is 29.0 Å². The lowest BCUT2D eigenvalue weighted by Gasteiger charge is -2.23. The van der Waals surface area contributed by atoms with Crippen LogP contribution in [0.3, 0.4) is 0 Å². The molecule has 2 aromatic rings. The summed E-state index contributed by atoms with van der Waals surface area (Å²) in [4.78, 5) is 36.1. The van der Waals surface area contributed by atoms with E-state index in [1.165, 1.54) is 0 Å². The average Bonchev–Trinajstić information content (AvgIpc) is 3.04. The summed E-state index contributed by atoms with van der Waals surface area (Å²) >= 11 is 12.5. The van der Waals surface area contributed by atoms with Crippen LogP contribution in [0.15, 0.2) is 47.4 Å². The zero-order chi connectivity index (χ0) is 24.2. The molecule has 2 aliphatic rings. The summed E-state index contributed by atoms with van der Waals surface area (Å²) in [6, 6.07) is 12.5. The molecule has 0 radical (unpaired) electrons. The number of halogens is 1. The van der Waals surface area contributed by atoms with Gasteiger partial charge in [-0.25, -0.2) is 0 Å². The summed E-state index contributed by atoms with van der Waals surface area (Å²) in [5, 5.41) is 12.2. The number of carbonyl (C=O) groups is 3. The van der Waals surface area contributed by atoms with Crippen LogP contribution in [0.5, 0.6) is 11.5 Å². The van der Waals surface area contributed by atoms with Crippen LogP contribution in [-0.2, 0) is 25.5 Å². The predicted octanol–water partition coefficient (Wildman–Crippen LogP) is 3.48. The van der Waals surface area contributed by atoms with Crippen LogP contribution in [-0.4, -0.2) is 57.9 Å². The molecule has 1 atom stereocenters. The molecule has 0 saturated carbocycles. The molecule has 2 N–H and O–H groups in total. The Morgan fingerprint density at radius 1 is 1.26 bits per heavy atom. The fourth-order valence-electron chi connectivity index (χ4n) is 3.43. The summed E-state index contributed by atoms with van der Waals surface area (Å²) < 4.78 is 11.3. The molecule has 2 amide bonds. The van der Waals surface area contributed by atoms with E-state index in [1.807, 2.05) is 24.3 Å². The Morgan fingerprint density at radius 2 is 2.00 bits per heavy atom. The van der Waals surface area contributed by atoms with Gasteiger partial charge < -0.3 is 19.9 Å². The highest BCUT2D eigenvalue weighted by atomic mass is 35.5. The topological polar surface area (TPSA) is 105 Å². The maximum absolute atomic E-state index is 12.4. The molecule has 2 aliphatic heterocycles. The van der Waals surface area contributed by atoms with Crippen molar-refractivity contribution in [3.8, 4) is 11.5 Å². The largest absolute Gasteiger partial charge is 0.480 e. The lowest BCUT2D eigenvalue weighted by molar-refractivity contribution is -0.140. The molecule has 0 aromatic heterocycles. The van der Waals surface area contributed by atoms with Crippen LogP contribution >= 0.6 is 35.6 Å². The number of rotatable bonds is 7. The van der Waals surface area contributed by atoms with Gasteiger partial charge in [0.15, 0.2) is 0 Å². The number of nitrogens with zero attached hydrogens (tertiary/aromatic N) is 1. The molecule has 2 saturated heterocycles. The van der Waals surface area contributed by atoms with Crippen LogP contribution in [0.4, 0.5) is 0 Å². The number of carbonyl (C=O) groups excluding carboxylic acids is 2. The first-order valence-electron chi connectivity index (χ1n) is 10.2. The summed E-state index contributed by atoms with van der Waals surface area (Å²) in [6.07, 6.45) is 2.24. The third-order valence-electron chi connectivity index (χ3n) is 4.98. The average molecular weight is 519 g/mol. The van der Waals surface area contributed by atoms with Crippen molar-refractivity contribution in [1.29, 1.82) is 0 Å². The van der Waals surface area contributed by atoms with Gasteiger partial charge in [-0.2, -0.15) is 0 Å². The number of aliphatic carboxylic acids is 1. The standard InChI is InChI=1S/C23H19ClN2O6S2/c24-18-9-17(6-3-14(18)8-19-22(30)26(10-21(28)29)23(33)34-19)32-16-4-1-13(2-5-16)7-15-11-31-12-20(27)25-15/h1-6,8-9,15H,7,10-12H2,(H,25,27)(H,28,29). The number of morpholine rings is 1. The number of carboxylic acids is 1. The number of thioether (sulfide) groups is 1. The lowest BCUT2D eigenvalue weighted by Crippen LogP contribution is -2.46. The minimum atomic E-state index is -1.14. The Kier molecular flexibility index (Phi) is 7.52. The number of nitrogens with one attached hydrogen (secondary N) is 1. The van der Waals surface area contributed by atoms with Crippen molar-refractivity contribution in [3.05, 3.63) is 63.5 Å². The summed E-state index contributed by atoms with van der Waals surface area (Å²) in [7, 11) is 0. The number of amides is 2. The van der Waals surface area contributed by atoms with E-state index in [1.54, 1.807) is 24.3 Å². The van der Waals surface area contributed by atoms with E-state index in [-0.39, 0.29) is 22.9 Å². The van der Waals surface area contributed by atoms with Gasteiger partial charge in [0.2, 0.25) is 5.91 Å². The van der Waals surface area contributed by atoms with Gasteiger partial charge in [0.25, 0.3) is 5.91 Å². The zero-order valence-electron chi connectivity index (χ0n) is 17.7. The van der Waals surface area contributed by atoms with E-state index in [2.05, 4.69) is 5.32 Å². The van der Waals surface area contributed by atoms with Gasteiger partial charge in [-0.3, -0.25) is 19.3 Å². The van der Waals surface area contributed by atoms with Crippen LogP contribution in [0.1, 0.15) is 11.1 Å². The van der Waals surface area contributed by atoms with Gasteiger partial charge >= 0.3 is 5.97 Å². The second-order valence-corrected chi connectivity index (χ2v) is 9.66. The third-order valence-corrected chi connectivity index (χ3v) is 6.69. The van der Waals surface area contributed by atoms with Crippen molar-refractivity contribution in [2.75, 3.05) is 19.8 Å². The minimum absolute atomic E-state index is 0.0519. The summed E-state index contributed by atoms with van der Waals surface area (Å²) in [5.74, 6) is -0.580. The summed E-state index contributed by atoms with van der Waals surface area (Å²) in [5.41, 5.74) is 1.62. The van der Waals surface area contributed by atoms with Gasteiger partial charge in [0, 0.05) is 0 Å². The molecule has 2 fully saturated rings. The van der Waals surface area contributed by atoms with E-state index in [4.69, 9.17) is 38.4 Å². The zero-order valence-corrected chi connectivity index (χ0v) is 20.0. The Morgan fingerprint density at radius 3 is 2.68 bits per heavy atom. The molecule has 4 rings (SSSR count). The van der Waals surface area contributed by atoms with Gasteiger partial charge in [-0.05, 0) is 54.0 Å². The summed E-state index contributed by atoms with van der Waals surface area (Å²) in [6.45, 7) is 0.107. The molecular weight excluding hydrogens is 500 g/mol. The quantitative estimate of drug-likeness (QED) is 0.424. The predicted molar refractivity (Wildman–Crippen MR) is 132 cm³/mol. The van der Waals surface area contributed by atoms with Gasteiger partial charge in [0.1, 0.15) is 29.0 Å². The molecule has 0 spiro atoms. The van der Waals surface area contributed by atoms with Crippen LogP contribution in [0.25, 0.3) is 6.08 Å². The van der Waals surface area contributed by atoms with E-state index in [9.17, 15) is 14.4 Å². The SMILES string of the molecule is O=C(O)CN1C(=O)C(=Cc2ccc(Oc3ccc(CC4COCC(=O)N4)cc3)cc2Cl)SC1=S. The minimum Gasteiger partial charge on any atom is -0.480 e. The van der Waals surface area contributed by atoms with E-state index < -0.39 is 18.4 Å². The monoisotopic (exact) mass is 518 g/mol. The smallest absolute Gasteiger partial charge is 0.323 e. The lowest BCUT2D eigenvalue weighted by atomic mass is 10.1. The first-order chi connectivity index (χ1) is 16.3. The van der Waals surface area contributed by atoms with Gasteiger partial charge in [0.05, 0.1) is 22.6 Å². The van der Waals surface area contributed by atoms with Crippen LogP contribution < -0.4 is 10.1 Å². The molecule has 176 valence electrons. The highest BCUT2D eigenvalue weighted by Crippen LogP contribution is 2.35. The first kappa shape index (κ1) is 24.2. The van der Waals surface area contributed by atoms with Gasteiger partial charge in [-0.15, -0.1) is 0 Å². The number of hydrogen-bond donors (Lipinski definition) is 2. The fraction of sp³-hybridized carbons (Fsp3) is 0.217. The number of carboxylic acid groups (broad SMARTS) is 1. The van der Waals surface area contributed by atoms with Crippen molar-refractivity contribution in [2.45, 2.75) is 12.5 Å². The van der Waals surface area contributed by atoms with Crippen molar-refractivity contribution >= 4 is 63.8 Å². The normalized spacial score (nSPS) is 19.4. The molecule has 0 bridgehead atoms. The van der Waals surface area contributed by atoms with E-state index in [0.717, 1.165) is 22.2 Å².